The Morgan fingerprint density at radius 3 is 2.56 bits per heavy atom. The lowest BCUT2D eigenvalue weighted by atomic mass is 9.70. The van der Waals surface area contributed by atoms with E-state index in [1.54, 1.807) is 5.56 Å². The summed E-state index contributed by atoms with van der Waals surface area (Å²) < 4.78 is 0. The molecule has 1 aliphatic rings. The molecule has 1 atom stereocenters. The zero-order valence-electron chi connectivity index (χ0n) is 11.1. The third kappa shape index (κ3) is 2.01. The summed E-state index contributed by atoms with van der Waals surface area (Å²) in [7, 11) is 2.08. The van der Waals surface area contributed by atoms with Gasteiger partial charge in [-0.3, -0.25) is 0 Å². The molecule has 1 unspecified atom stereocenters. The molecule has 1 aliphatic carbocycles. The van der Waals surface area contributed by atoms with Crippen LogP contribution in [0.3, 0.4) is 0 Å². The lowest BCUT2D eigenvalue weighted by Gasteiger charge is -2.38. The van der Waals surface area contributed by atoms with Crippen molar-refractivity contribution in [2.45, 2.75) is 46.6 Å². The lowest BCUT2D eigenvalue weighted by Crippen LogP contribution is -2.32. The Labute approximate surface area is 99.3 Å². The highest BCUT2D eigenvalue weighted by Gasteiger charge is 2.32. The highest BCUT2D eigenvalue weighted by molar-refractivity contribution is 5.42. The fraction of sp³-hybridized carbons (Fsp3) is 0.600. The molecule has 1 heteroatoms. The van der Waals surface area contributed by atoms with Gasteiger partial charge in [-0.15, -0.1) is 0 Å². The van der Waals surface area contributed by atoms with Gasteiger partial charge in [-0.25, -0.2) is 0 Å². The number of fused-ring (bicyclic) bond motifs is 1. The van der Waals surface area contributed by atoms with E-state index in [1.165, 1.54) is 29.5 Å². The highest BCUT2D eigenvalue weighted by Crippen LogP contribution is 2.41. The summed E-state index contributed by atoms with van der Waals surface area (Å²) in [6, 6.07) is 5.20. The van der Waals surface area contributed by atoms with Gasteiger partial charge in [-0.1, -0.05) is 31.5 Å². The smallest absolute Gasteiger partial charge is 0.0325 e. The van der Waals surface area contributed by atoms with Crippen molar-refractivity contribution in [3.8, 4) is 0 Å². The van der Waals surface area contributed by atoms with Crippen molar-refractivity contribution in [1.29, 1.82) is 0 Å². The first-order valence-electron chi connectivity index (χ1n) is 6.20. The van der Waals surface area contributed by atoms with E-state index < -0.39 is 0 Å². The van der Waals surface area contributed by atoms with Crippen molar-refractivity contribution < 1.29 is 0 Å². The Bertz CT molecular complexity index is 404. The maximum atomic E-state index is 3.47. The van der Waals surface area contributed by atoms with Crippen LogP contribution in [0.15, 0.2) is 12.1 Å². The van der Waals surface area contributed by atoms with Gasteiger partial charge in [-0.05, 0) is 55.8 Å². The summed E-state index contributed by atoms with van der Waals surface area (Å²) in [6.45, 7) is 9.19. The molecule has 2 rings (SSSR count). The molecule has 1 aromatic rings. The van der Waals surface area contributed by atoms with Crippen LogP contribution in [0.25, 0.3) is 0 Å². The van der Waals surface area contributed by atoms with Gasteiger partial charge in [0.15, 0.2) is 0 Å². The number of benzene rings is 1. The summed E-state index contributed by atoms with van der Waals surface area (Å²) >= 11 is 0. The molecule has 0 saturated heterocycles. The molecule has 1 aromatic carbocycles. The number of hydrogen-bond donors (Lipinski definition) is 1. The molecule has 0 spiro atoms. The van der Waals surface area contributed by atoms with Crippen molar-refractivity contribution in [2.75, 3.05) is 7.05 Å². The van der Waals surface area contributed by atoms with Gasteiger partial charge in [0, 0.05) is 6.04 Å². The zero-order valence-corrected chi connectivity index (χ0v) is 11.1. The third-order valence-corrected chi connectivity index (χ3v) is 3.79. The van der Waals surface area contributed by atoms with Gasteiger partial charge >= 0.3 is 0 Å². The topological polar surface area (TPSA) is 12.0 Å². The second-order valence-corrected chi connectivity index (χ2v) is 6.04. The lowest BCUT2D eigenvalue weighted by molar-refractivity contribution is 0.264. The van der Waals surface area contributed by atoms with Crippen LogP contribution in [0.4, 0.5) is 0 Å². The Balaban J connectivity index is 2.54. The van der Waals surface area contributed by atoms with E-state index in [0.29, 0.717) is 11.5 Å². The molecule has 0 radical (unpaired) electrons. The molecule has 0 aliphatic heterocycles. The quantitative estimate of drug-likeness (QED) is 0.758. The van der Waals surface area contributed by atoms with E-state index in [0.717, 1.165) is 0 Å². The Kier molecular flexibility index (Phi) is 2.83. The predicted molar refractivity (Wildman–Crippen MR) is 69.8 cm³/mol. The molecule has 0 heterocycles. The van der Waals surface area contributed by atoms with Crippen LogP contribution in [-0.2, 0) is 6.42 Å². The van der Waals surface area contributed by atoms with Crippen LogP contribution in [0.1, 0.15) is 48.6 Å². The molecule has 16 heavy (non-hydrogen) atoms. The standard InChI is InChI=1S/C15H23N/c1-10-6-11(2)13-8-15(3,4)9-14(16-5)12(13)7-10/h6-7,14,16H,8-9H2,1-5H3. The summed E-state index contributed by atoms with van der Waals surface area (Å²) in [5.74, 6) is 0. The van der Waals surface area contributed by atoms with Gasteiger partial charge in [0.2, 0.25) is 0 Å². The van der Waals surface area contributed by atoms with E-state index in [2.05, 4.69) is 52.2 Å². The number of hydrogen-bond acceptors (Lipinski definition) is 1. The summed E-state index contributed by atoms with van der Waals surface area (Å²) in [5.41, 5.74) is 6.36. The maximum absolute atomic E-state index is 3.47. The van der Waals surface area contributed by atoms with Crippen LogP contribution < -0.4 is 5.32 Å². The van der Waals surface area contributed by atoms with Gasteiger partial charge in [0.25, 0.3) is 0 Å². The minimum Gasteiger partial charge on any atom is -0.313 e. The van der Waals surface area contributed by atoms with Crippen LogP contribution in [0.2, 0.25) is 0 Å². The van der Waals surface area contributed by atoms with Gasteiger partial charge in [0.05, 0.1) is 0 Å². The van der Waals surface area contributed by atoms with Crippen LogP contribution in [0, 0.1) is 19.3 Å². The van der Waals surface area contributed by atoms with E-state index in [-0.39, 0.29) is 0 Å². The van der Waals surface area contributed by atoms with Crippen molar-refractivity contribution in [3.63, 3.8) is 0 Å². The van der Waals surface area contributed by atoms with E-state index in [1.807, 2.05) is 0 Å². The Morgan fingerprint density at radius 1 is 1.25 bits per heavy atom. The monoisotopic (exact) mass is 217 g/mol. The minimum absolute atomic E-state index is 0.417. The molecule has 0 amide bonds. The van der Waals surface area contributed by atoms with Crippen LogP contribution >= 0.6 is 0 Å². The maximum Gasteiger partial charge on any atom is 0.0325 e. The summed E-state index contributed by atoms with van der Waals surface area (Å²) in [4.78, 5) is 0. The molecule has 0 saturated carbocycles. The summed E-state index contributed by atoms with van der Waals surface area (Å²) in [6.07, 6.45) is 2.45. The molecule has 0 aromatic heterocycles. The average Bonchev–Trinajstić information content (AvgIpc) is 2.18. The van der Waals surface area contributed by atoms with Crippen LogP contribution in [0.5, 0.6) is 0 Å². The highest BCUT2D eigenvalue weighted by atomic mass is 14.9. The number of rotatable bonds is 1. The number of nitrogens with one attached hydrogen (secondary N) is 1. The van der Waals surface area contributed by atoms with Crippen molar-refractivity contribution in [3.05, 3.63) is 34.4 Å². The number of aryl methyl sites for hydroxylation is 2. The third-order valence-electron chi connectivity index (χ3n) is 3.79. The Hall–Kier alpha value is -0.820. The average molecular weight is 217 g/mol. The molecule has 0 bridgehead atoms. The fourth-order valence-corrected chi connectivity index (χ4v) is 3.05. The van der Waals surface area contributed by atoms with Crippen LogP contribution in [-0.4, -0.2) is 7.05 Å². The van der Waals surface area contributed by atoms with E-state index >= 15 is 0 Å². The zero-order chi connectivity index (χ0) is 11.9. The first-order chi connectivity index (χ1) is 7.43. The molecule has 1 N–H and O–H groups in total. The first-order valence-corrected chi connectivity index (χ1v) is 6.20. The van der Waals surface area contributed by atoms with Crippen molar-refractivity contribution >= 4 is 0 Å². The van der Waals surface area contributed by atoms with Crippen molar-refractivity contribution in [1.82, 2.24) is 5.32 Å². The van der Waals surface area contributed by atoms with Gasteiger partial charge in [0.1, 0.15) is 0 Å². The normalized spacial score (nSPS) is 22.9. The van der Waals surface area contributed by atoms with Gasteiger partial charge in [-0.2, -0.15) is 0 Å². The molecular formula is C15H23N. The van der Waals surface area contributed by atoms with E-state index in [9.17, 15) is 0 Å². The minimum atomic E-state index is 0.417. The van der Waals surface area contributed by atoms with Crippen molar-refractivity contribution in [2.24, 2.45) is 5.41 Å². The fourth-order valence-electron chi connectivity index (χ4n) is 3.05. The second kappa shape index (κ2) is 3.89. The molecule has 0 fully saturated rings. The van der Waals surface area contributed by atoms with E-state index in [4.69, 9.17) is 0 Å². The SMILES string of the molecule is CNC1CC(C)(C)Cc2c(C)cc(C)cc21. The summed E-state index contributed by atoms with van der Waals surface area (Å²) in [5, 5.41) is 3.47. The second-order valence-electron chi connectivity index (χ2n) is 6.04. The predicted octanol–water partition coefficient (Wildman–Crippen LogP) is 3.54. The Morgan fingerprint density at radius 2 is 1.94 bits per heavy atom. The first kappa shape index (κ1) is 11.7. The van der Waals surface area contributed by atoms with Gasteiger partial charge < -0.3 is 5.32 Å². The molecule has 1 nitrogen and oxygen atoms in total. The largest absolute Gasteiger partial charge is 0.313 e. The molecule has 88 valence electrons. The molecular weight excluding hydrogens is 194 g/mol.